The number of halogens is 1. The molecule has 29 heavy (non-hydrogen) atoms. The van der Waals surface area contributed by atoms with Crippen molar-refractivity contribution in [1.29, 1.82) is 0 Å². The van der Waals surface area contributed by atoms with Gasteiger partial charge < -0.3 is 14.7 Å². The van der Waals surface area contributed by atoms with Gasteiger partial charge in [0.2, 0.25) is 0 Å². The first-order valence-corrected chi connectivity index (χ1v) is 9.90. The van der Waals surface area contributed by atoms with Crippen LogP contribution in [0.2, 0.25) is 5.02 Å². The Bertz CT molecular complexity index is 1010. The third kappa shape index (κ3) is 3.97. The lowest BCUT2D eigenvalue weighted by Gasteiger charge is -2.38. The van der Waals surface area contributed by atoms with E-state index in [1.54, 1.807) is 13.3 Å². The topological polar surface area (TPSA) is 58.0 Å². The lowest BCUT2D eigenvalue weighted by molar-refractivity contribution is 0.254. The molecule has 0 aliphatic carbocycles. The molecule has 2 aromatic carbocycles. The monoisotopic (exact) mass is 407 g/mol. The van der Waals surface area contributed by atoms with Gasteiger partial charge in [-0.05, 0) is 42.3 Å². The van der Waals surface area contributed by atoms with Gasteiger partial charge in [-0.2, -0.15) is 0 Å². The van der Waals surface area contributed by atoms with Gasteiger partial charge in [-0.25, -0.2) is 9.98 Å². The molecule has 1 N–H and O–H groups in total. The first-order chi connectivity index (χ1) is 14.2. The molecule has 0 radical (unpaired) electrons. The third-order valence-electron chi connectivity index (χ3n) is 4.97. The molecule has 0 saturated carbocycles. The number of aromatic nitrogens is 1. The van der Waals surface area contributed by atoms with Crippen LogP contribution in [0.15, 0.2) is 71.9 Å². The van der Waals surface area contributed by atoms with E-state index >= 15 is 0 Å². The Balaban J connectivity index is 1.89. The summed E-state index contributed by atoms with van der Waals surface area (Å²) < 4.78 is 5.24. The summed E-state index contributed by atoms with van der Waals surface area (Å²) in [6.45, 7) is 0.734. The fourth-order valence-corrected chi connectivity index (χ4v) is 3.80. The summed E-state index contributed by atoms with van der Waals surface area (Å²) in [5, 5.41) is 10.2. The molecule has 0 amide bonds. The summed E-state index contributed by atoms with van der Waals surface area (Å²) in [5.74, 6) is 1.46. The van der Waals surface area contributed by atoms with E-state index in [0.717, 1.165) is 28.3 Å². The van der Waals surface area contributed by atoms with Crippen molar-refractivity contribution in [1.82, 2.24) is 9.88 Å². The van der Waals surface area contributed by atoms with Gasteiger partial charge in [-0.15, -0.1) is 0 Å². The normalized spacial score (nSPS) is 15.6. The van der Waals surface area contributed by atoms with E-state index in [-0.39, 0.29) is 12.6 Å². The third-order valence-corrected chi connectivity index (χ3v) is 5.20. The van der Waals surface area contributed by atoms with Gasteiger partial charge in [-0.1, -0.05) is 41.9 Å². The Kier molecular flexibility index (Phi) is 5.79. The Hall–Kier alpha value is -2.89. The van der Waals surface area contributed by atoms with Crippen molar-refractivity contribution in [2.75, 3.05) is 20.3 Å². The van der Waals surface area contributed by atoms with Crippen molar-refractivity contribution >= 4 is 23.1 Å². The number of amidine groups is 1. The number of rotatable bonds is 6. The molecule has 1 atom stereocenters. The smallest absolute Gasteiger partial charge is 0.156 e. The van der Waals surface area contributed by atoms with Crippen LogP contribution in [-0.4, -0.2) is 41.1 Å². The Morgan fingerprint density at radius 2 is 1.93 bits per heavy atom. The highest BCUT2D eigenvalue weighted by molar-refractivity contribution is 6.30. The molecule has 4 rings (SSSR count). The highest BCUT2D eigenvalue weighted by atomic mass is 35.5. The summed E-state index contributed by atoms with van der Waals surface area (Å²) >= 11 is 6.34. The maximum absolute atomic E-state index is 9.50. The minimum absolute atomic E-state index is 0.0761. The molecule has 0 saturated heterocycles. The molecule has 1 aliphatic heterocycles. The molecular weight excluding hydrogens is 386 g/mol. The number of pyridine rings is 1. The lowest BCUT2D eigenvalue weighted by atomic mass is 9.93. The number of hydrogen-bond donors (Lipinski definition) is 1. The summed E-state index contributed by atoms with van der Waals surface area (Å²) in [6.07, 6.45) is 2.31. The summed E-state index contributed by atoms with van der Waals surface area (Å²) in [6, 6.07) is 19.8. The zero-order valence-corrected chi connectivity index (χ0v) is 16.9. The second-order valence-corrected chi connectivity index (χ2v) is 7.24. The van der Waals surface area contributed by atoms with Gasteiger partial charge in [0.05, 0.1) is 25.0 Å². The van der Waals surface area contributed by atoms with Crippen molar-refractivity contribution in [3.8, 4) is 5.75 Å². The second-order valence-electron chi connectivity index (χ2n) is 6.81. The number of aliphatic hydroxyl groups is 1. The Morgan fingerprint density at radius 3 is 2.62 bits per heavy atom. The second kappa shape index (κ2) is 8.64. The molecular formula is C23H22ClN3O2. The fourth-order valence-electron chi connectivity index (χ4n) is 3.62. The average Bonchev–Trinajstić information content (AvgIpc) is 2.77. The van der Waals surface area contributed by atoms with Gasteiger partial charge in [0.25, 0.3) is 0 Å². The predicted octanol–water partition coefficient (Wildman–Crippen LogP) is 4.61. The summed E-state index contributed by atoms with van der Waals surface area (Å²) in [5.41, 5.74) is 3.80. The quantitative estimate of drug-likeness (QED) is 0.648. The van der Waals surface area contributed by atoms with E-state index in [2.05, 4.69) is 22.0 Å². The van der Waals surface area contributed by atoms with Crippen molar-refractivity contribution in [3.63, 3.8) is 0 Å². The van der Waals surface area contributed by atoms with E-state index in [1.165, 1.54) is 0 Å². The molecule has 6 heteroatoms. The summed E-state index contributed by atoms with van der Waals surface area (Å²) in [4.78, 5) is 11.7. The number of ether oxygens (including phenoxy) is 1. The van der Waals surface area contributed by atoms with Gasteiger partial charge in [0, 0.05) is 23.7 Å². The first kappa shape index (κ1) is 19.4. The first-order valence-electron chi connectivity index (χ1n) is 9.52. The van der Waals surface area contributed by atoms with Gasteiger partial charge in [0.15, 0.2) is 5.84 Å². The Morgan fingerprint density at radius 1 is 1.10 bits per heavy atom. The van der Waals surface area contributed by atoms with Crippen LogP contribution in [0.5, 0.6) is 5.75 Å². The number of methoxy groups -OCH3 is 1. The van der Waals surface area contributed by atoms with Crippen LogP contribution in [-0.2, 0) is 0 Å². The molecule has 0 unspecified atom stereocenters. The van der Waals surface area contributed by atoms with E-state index in [1.807, 2.05) is 48.5 Å². The SMILES string of the molecule is COc1ccc(C2=Nc3ccc(Cl)cc3[C@@H](c3ccccc3)N2CCCO)nc1. The molecule has 1 aliphatic rings. The van der Waals surface area contributed by atoms with E-state index < -0.39 is 0 Å². The molecule has 148 valence electrons. The maximum Gasteiger partial charge on any atom is 0.156 e. The molecule has 1 aromatic heterocycles. The standard InChI is InChI=1S/C23H22ClN3O2/c1-29-18-9-11-21(25-15-18)23-26-20-10-8-17(24)14-19(20)22(27(23)12-5-13-28)16-6-3-2-4-7-16/h2-4,6-11,14-15,22,28H,5,12-13H2,1H3/t22-/m1/s1. The van der Waals surface area contributed by atoms with Crippen LogP contribution < -0.4 is 4.74 Å². The van der Waals surface area contributed by atoms with E-state index in [9.17, 15) is 5.11 Å². The van der Waals surface area contributed by atoms with Gasteiger partial charge in [0.1, 0.15) is 11.4 Å². The number of nitrogens with zero attached hydrogens (tertiary/aromatic N) is 3. The molecule has 0 spiro atoms. The summed E-state index contributed by atoms with van der Waals surface area (Å²) in [7, 11) is 1.62. The number of aliphatic imine (C=N–C) groups is 1. The number of aliphatic hydroxyl groups excluding tert-OH is 1. The van der Waals surface area contributed by atoms with Crippen molar-refractivity contribution in [3.05, 3.63) is 88.7 Å². The van der Waals surface area contributed by atoms with Crippen LogP contribution in [0.1, 0.15) is 29.3 Å². The minimum atomic E-state index is -0.0761. The minimum Gasteiger partial charge on any atom is -0.495 e. The molecule has 0 bridgehead atoms. The number of fused-ring (bicyclic) bond motifs is 1. The highest BCUT2D eigenvalue weighted by Crippen LogP contribution is 2.41. The number of benzene rings is 2. The van der Waals surface area contributed by atoms with Crippen molar-refractivity contribution in [2.24, 2.45) is 4.99 Å². The zero-order valence-electron chi connectivity index (χ0n) is 16.1. The van der Waals surface area contributed by atoms with Crippen LogP contribution in [0, 0.1) is 0 Å². The van der Waals surface area contributed by atoms with Gasteiger partial charge in [-0.3, -0.25) is 0 Å². The van der Waals surface area contributed by atoms with Crippen molar-refractivity contribution < 1.29 is 9.84 Å². The van der Waals surface area contributed by atoms with Crippen LogP contribution in [0.3, 0.4) is 0 Å². The lowest BCUT2D eigenvalue weighted by Crippen LogP contribution is -2.39. The highest BCUT2D eigenvalue weighted by Gasteiger charge is 2.32. The Labute approximate surface area is 175 Å². The van der Waals surface area contributed by atoms with E-state index in [4.69, 9.17) is 21.3 Å². The molecule has 0 fully saturated rings. The average molecular weight is 408 g/mol. The van der Waals surface area contributed by atoms with Crippen LogP contribution in [0.25, 0.3) is 0 Å². The van der Waals surface area contributed by atoms with Crippen LogP contribution >= 0.6 is 11.6 Å². The molecule has 2 heterocycles. The largest absolute Gasteiger partial charge is 0.495 e. The number of hydrogen-bond acceptors (Lipinski definition) is 5. The van der Waals surface area contributed by atoms with Crippen molar-refractivity contribution in [2.45, 2.75) is 12.5 Å². The fraction of sp³-hybridized carbons (Fsp3) is 0.217. The predicted molar refractivity (Wildman–Crippen MR) is 115 cm³/mol. The van der Waals surface area contributed by atoms with Crippen LogP contribution in [0.4, 0.5) is 5.69 Å². The van der Waals surface area contributed by atoms with Gasteiger partial charge >= 0.3 is 0 Å². The van der Waals surface area contributed by atoms with E-state index in [0.29, 0.717) is 23.7 Å². The maximum atomic E-state index is 9.50. The zero-order chi connectivity index (χ0) is 20.2. The molecule has 3 aromatic rings. The molecule has 5 nitrogen and oxygen atoms in total.